The Labute approximate surface area is 168 Å². The highest BCUT2D eigenvalue weighted by Crippen LogP contribution is 2.46. The number of carbonyl (C=O) groups is 1. The molecule has 0 aromatic heterocycles. The van der Waals surface area contributed by atoms with Crippen LogP contribution in [0.5, 0.6) is 11.5 Å². The Kier molecular flexibility index (Phi) is 5.65. The largest absolute Gasteiger partial charge is 0.495 e. The third-order valence-electron chi connectivity index (χ3n) is 4.48. The monoisotopic (exact) mass is 432 g/mol. The highest BCUT2D eigenvalue weighted by atomic mass is 35.5. The highest BCUT2D eigenvalue weighted by molar-refractivity contribution is 8.16. The van der Waals surface area contributed by atoms with E-state index in [2.05, 4.69) is 4.99 Å². The van der Waals surface area contributed by atoms with Gasteiger partial charge in [0.05, 0.1) is 42.5 Å². The number of anilines is 1. The van der Waals surface area contributed by atoms with E-state index in [1.54, 1.807) is 30.9 Å². The summed E-state index contributed by atoms with van der Waals surface area (Å²) in [7, 11) is -0.150. The zero-order chi connectivity index (χ0) is 19.9. The number of methoxy groups -OCH3 is 2. The van der Waals surface area contributed by atoms with Crippen molar-refractivity contribution in [2.75, 3.05) is 30.6 Å². The summed E-state index contributed by atoms with van der Waals surface area (Å²) in [5, 5.41) is 0.634. The molecule has 2 atom stereocenters. The summed E-state index contributed by atoms with van der Waals surface area (Å²) < 4.78 is 35.0. The molecule has 0 aliphatic carbocycles. The van der Waals surface area contributed by atoms with Gasteiger partial charge in [0.1, 0.15) is 11.5 Å². The van der Waals surface area contributed by atoms with E-state index >= 15 is 0 Å². The number of benzene rings is 1. The number of hydrogen-bond donors (Lipinski definition) is 0. The molecule has 0 spiro atoms. The first kappa shape index (κ1) is 20.3. The van der Waals surface area contributed by atoms with E-state index in [0.29, 0.717) is 27.4 Å². The predicted molar refractivity (Wildman–Crippen MR) is 108 cm³/mol. The minimum atomic E-state index is -3.16. The molecule has 1 amide bonds. The molecule has 1 aromatic rings. The van der Waals surface area contributed by atoms with Crippen LogP contribution in [0.1, 0.15) is 13.8 Å². The third kappa shape index (κ3) is 3.90. The normalized spacial score (nSPS) is 25.1. The Morgan fingerprint density at radius 1 is 1.26 bits per heavy atom. The van der Waals surface area contributed by atoms with E-state index in [0.717, 1.165) is 0 Å². The number of carbonyl (C=O) groups excluding carboxylic acids is 1. The van der Waals surface area contributed by atoms with Gasteiger partial charge in [-0.1, -0.05) is 37.2 Å². The lowest BCUT2D eigenvalue weighted by molar-refractivity contribution is -0.120. The van der Waals surface area contributed by atoms with Gasteiger partial charge in [-0.25, -0.2) is 8.42 Å². The van der Waals surface area contributed by atoms with E-state index < -0.39 is 9.84 Å². The first-order valence-corrected chi connectivity index (χ1v) is 11.4. The smallest absolute Gasteiger partial charge is 0.250 e. The van der Waals surface area contributed by atoms with Gasteiger partial charge in [0, 0.05) is 17.2 Å². The van der Waals surface area contributed by atoms with Crippen LogP contribution >= 0.6 is 23.4 Å². The standard InChI is InChI=1S/C17H21ClN2O5S2/c1-9(2)16(21)19-17-20(12-7-27(22,23)8-15(12)26-17)11-5-10(18)13(24-3)6-14(11)25-4/h5-6,9,12,15H,7-8H2,1-4H3/t12-,15+/m0/s1. The summed E-state index contributed by atoms with van der Waals surface area (Å²) in [6.45, 7) is 3.54. The van der Waals surface area contributed by atoms with Crippen molar-refractivity contribution in [2.45, 2.75) is 25.1 Å². The van der Waals surface area contributed by atoms with Gasteiger partial charge < -0.3 is 14.4 Å². The number of amidine groups is 1. The quantitative estimate of drug-likeness (QED) is 0.722. The second-order valence-corrected chi connectivity index (χ2v) is 10.5. The second kappa shape index (κ2) is 7.52. The predicted octanol–water partition coefficient (Wildman–Crippen LogP) is 2.61. The lowest BCUT2D eigenvalue weighted by atomic mass is 10.1. The van der Waals surface area contributed by atoms with E-state index in [1.165, 1.54) is 26.0 Å². The molecule has 1 aromatic carbocycles. The summed E-state index contributed by atoms with van der Waals surface area (Å²) in [6.07, 6.45) is 0. The van der Waals surface area contributed by atoms with Crippen molar-refractivity contribution in [1.29, 1.82) is 0 Å². The van der Waals surface area contributed by atoms with Crippen molar-refractivity contribution in [2.24, 2.45) is 10.9 Å². The molecule has 3 rings (SSSR count). The molecular formula is C17H21ClN2O5S2. The van der Waals surface area contributed by atoms with Crippen molar-refractivity contribution >= 4 is 50.0 Å². The van der Waals surface area contributed by atoms with Crippen LogP contribution in [0.3, 0.4) is 0 Å². The zero-order valence-electron chi connectivity index (χ0n) is 15.4. The van der Waals surface area contributed by atoms with Crippen molar-refractivity contribution < 1.29 is 22.7 Å². The second-order valence-electron chi connectivity index (χ2n) is 6.72. The van der Waals surface area contributed by atoms with Crippen molar-refractivity contribution in [3.05, 3.63) is 17.2 Å². The Hall–Kier alpha value is -1.45. The number of hydrogen-bond acceptors (Lipinski definition) is 6. The number of fused-ring (bicyclic) bond motifs is 1. The molecule has 0 N–H and O–H groups in total. The number of aliphatic imine (C=N–C) groups is 1. The molecule has 7 nitrogen and oxygen atoms in total. The molecule has 2 fully saturated rings. The van der Waals surface area contributed by atoms with Crippen molar-refractivity contribution in [3.63, 3.8) is 0 Å². The summed E-state index contributed by atoms with van der Waals surface area (Å²) in [5.74, 6) is 0.434. The SMILES string of the molecule is COc1cc(OC)c(N2C(=NC(=O)C(C)C)S[C@@H]3CS(=O)(=O)C[C@@H]32)cc1Cl. The lowest BCUT2D eigenvalue weighted by Gasteiger charge is -2.27. The van der Waals surface area contributed by atoms with Gasteiger partial charge in [-0.05, 0) is 6.07 Å². The maximum Gasteiger partial charge on any atom is 0.250 e. The first-order valence-electron chi connectivity index (χ1n) is 8.37. The van der Waals surface area contributed by atoms with E-state index in [-0.39, 0.29) is 34.6 Å². The van der Waals surface area contributed by atoms with Crippen LogP contribution in [0.2, 0.25) is 5.02 Å². The van der Waals surface area contributed by atoms with Gasteiger partial charge in [-0.3, -0.25) is 4.79 Å². The van der Waals surface area contributed by atoms with Gasteiger partial charge in [-0.2, -0.15) is 4.99 Å². The fourth-order valence-electron chi connectivity index (χ4n) is 3.10. The zero-order valence-corrected chi connectivity index (χ0v) is 17.8. The molecule has 2 aliphatic rings. The van der Waals surface area contributed by atoms with Crippen LogP contribution in [-0.2, 0) is 14.6 Å². The molecular weight excluding hydrogens is 412 g/mol. The van der Waals surface area contributed by atoms with Gasteiger partial charge >= 0.3 is 0 Å². The summed E-state index contributed by atoms with van der Waals surface area (Å²) in [6, 6.07) is 2.96. The Morgan fingerprint density at radius 2 is 1.93 bits per heavy atom. The number of sulfone groups is 1. The van der Waals surface area contributed by atoms with Crippen LogP contribution < -0.4 is 14.4 Å². The van der Waals surface area contributed by atoms with E-state index in [9.17, 15) is 13.2 Å². The minimum Gasteiger partial charge on any atom is -0.495 e. The van der Waals surface area contributed by atoms with Crippen molar-refractivity contribution in [3.8, 4) is 11.5 Å². The third-order valence-corrected chi connectivity index (χ3v) is 7.98. The molecule has 2 aliphatic heterocycles. The summed E-state index contributed by atoms with van der Waals surface area (Å²) in [4.78, 5) is 18.2. The van der Waals surface area contributed by atoms with Gasteiger partial charge in [0.2, 0.25) is 0 Å². The first-order chi connectivity index (χ1) is 12.7. The van der Waals surface area contributed by atoms with Crippen LogP contribution in [0.4, 0.5) is 5.69 Å². The van der Waals surface area contributed by atoms with Crippen LogP contribution in [-0.4, -0.2) is 56.5 Å². The van der Waals surface area contributed by atoms with Crippen molar-refractivity contribution in [1.82, 2.24) is 0 Å². The number of rotatable bonds is 4. The maximum atomic E-state index is 12.2. The fraction of sp³-hybridized carbons (Fsp3) is 0.529. The minimum absolute atomic E-state index is 0.00758. The molecule has 10 heteroatoms. The van der Waals surface area contributed by atoms with Crippen LogP contribution in [0.15, 0.2) is 17.1 Å². The van der Waals surface area contributed by atoms with E-state index in [1.807, 2.05) is 0 Å². The topological polar surface area (TPSA) is 85.3 Å². The number of nitrogens with zero attached hydrogens (tertiary/aromatic N) is 2. The number of ether oxygens (including phenoxy) is 2. The Bertz CT molecular complexity index is 901. The molecule has 0 radical (unpaired) electrons. The summed E-state index contributed by atoms with van der Waals surface area (Å²) >= 11 is 7.61. The average Bonchev–Trinajstić information content (AvgIpc) is 3.05. The fourth-order valence-corrected chi connectivity index (χ4v) is 7.25. The average molecular weight is 433 g/mol. The molecule has 2 heterocycles. The van der Waals surface area contributed by atoms with E-state index in [4.69, 9.17) is 21.1 Å². The Morgan fingerprint density at radius 3 is 2.52 bits per heavy atom. The lowest BCUT2D eigenvalue weighted by Crippen LogP contribution is -2.38. The number of amides is 1. The highest BCUT2D eigenvalue weighted by Gasteiger charge is 2.50. The maximum absolute atomic E-state index is 12.2. The van der Waals surface area contributed by atoms with Gasteiger partial charge in [0.15, 0.2) is 15.0 Å². The molecule has 0 unspecified atom stereocenters. The molecule has 2 saturated heterocycles. The molecule has 148 valence electrons. The van der Waals surface area contributed by atoms with Crippen LogP contribution in [0.25, 0.3) is 0 Å². The summed E-state index contributed by atoms with van der Waals surface area (Å²) in [5.41, 5.74) is 0.565. The molecule has 0 saturated carbocycles. The van der Waals surface area contributed by atoms with Gasteiger partial charge in [0.25, 0.3) is 5.91 Å². The number of halogens is 1. The Balaban J connectivity index is 2.13. The molecule has 0 bridgehead atoms. The number of thioether (sulfide) groups is 1. The van der Waals surface area contributed by atoms with Gasteiger partial charge in [-0.15, -0.1) is 0 Å². The molecule has 27 heavy (non-hydrogen) atoms. The van der Waals surface area contributed by atoms with Crippen LogP contribution in [0, 0.1) is 5.92 Å².